The van der Waals surface area contributed by atoms with Crippen LogP contribution in [-0.2, 0) is 40.1 Å². The lowest BCUT2D eigenvalue weighted by Crippen LogP contribution is -2.39. The zero-order valence-electron chi connectivity index (χ0n) is 79.7. The van der Waals surface area contributed by atoms with Gasteiger partial charge in [-0.05, 0) is 182 Å². The Morgan fingerprint density at radius 2 is 0.571 bits per heavy atom. The number of piperidine rings is 4. The Morgan fingerprint density at radius 1 is 0.321 bits per heavy atom. The molecule has 16 aromatic rings. The van der Waals surface area contributed by atoms with Gasteiger partial charge in [-0.3, -0.25) is 0 Å². The van der Waals surface area contributed by atoms with Crippen LogP contribution in [0.1, 0.15) is 149 Å². The Kier molecular flexibility index (Phi) is 29.7. The molecule has 0 saturated carbocycles. The molecule has 8 N–H and O–H groups in total. The van der Waals surface area contributed by atoms with Gasteiger partial charge in [-0.2, -0.15) is 15.0 Å². The number of hydrogen-bond acceptors (Lipinski definition) is 35. The fourth-order valence-corrected chi connectivity index (χ4v) is 21.2. The molecule has 0 spiro atoms. The Balaban J connectivity index is 0.000000129. The highest BCUT2D eigenvalue weighted by molar-refractivity contribution is 7.89. The number of aromatic amines is 4. The van der Waals surface area contributed by atoms with Gasteiger partial charge in [-0.1, -0.05) is 54.6 Å². The van der Waals surface area contributed by atoms with Crippen LogP contribution in [0, 0.1) is 51.4 Å². The first kappa shape index (κ1) is 98.2. The Bertz CT molecular complexity index is 6750. The van der Waals surface area contributed by atoms with E-state index in [-0.39, 0.29) is 47.8 Å². The number of rotatable bonds is 28. The molecule has 12 aromatic heterocycles. The normalized spacial score (nSPS) is 16.5. The minimum Gasteiger partial charge on any atom is -0.477 e. The van der Waals surface area contributed by atoms with Crippen molar-refractivity contribution < 1.29 is 52.6 Å². The molecule has 4 aromatic carbocycles. The maximum Gasteiger partial charge on any atom is 0.225 e. The van der Waals surface area contributed by atoms with Crippen LogP contribution >= 0.6 is 0 Å². The fraction of sp³-hybridized carbons (Fsp3) is 0.430. The van der Waals surface area contributed by atoms with Crippen LogP contribution in [-0.4, -0.2) is 269 Å². The van der Waals surface area contributed by atoms with Gasteiger partial charge in [-0.25, -0.2) is 131 Å². The molecule has 4 aliphatic heterocycles. The predicted molar refractivity (Wildman–Crippen MR) is 533 cm³/mol. The molecule has 4 unspecified atom stereocenters. The van der Waals surface area contributed by atoms with Gasteiger partial charge >= 0.3 is 0 Å². The van der Waals surface area contributed by atoms with Crippen molar-refractivity contribution in [3.63, 3.8) is 0 Å². The Morgan fingerprint density at radius 3 is 0.843 bits per heavy atom. The largest absolute Gasteiger partial charge is 0.477 e. The van der Waals surface area contributed by atoms with Crippen LogP contribution in [0.3, 0.4) is 0 Å². The molecule has 0 bridgehead atoms. The van der Waals surface area contributed by atoms with E-state index in [0.29, 0.717) is 182 Å². The van der Waals surface area contributed by atoms with Crippen molar-refractivity contribution in [2.75, 3.05) is 125 Å². The maximum atomic E-state index is 11.8. The van der Waals surface area contributed by atoms with E-state index in [2.05, 4.69) is 126 Å². The molecule has 0 amide bonds. The fourth-order valence-electron chi connectivity index (χ4n) is 17.7. The number of imidazole rings is 4. The van der Waals surface area contributed by atoms with Gasteiger partial charge in [0.15, 0.2) is 63.3 Å². The molecule has 0 radical (unpaired) electrons. The summed E-state index contributed by atoms with van der Waals surface area (Å²) in [5.74, 6) is 7.53. The van der Waals surface area contributed by atoms with Crippen LogP contribution < -0.4 is 40.2 Å². The summed E-state index contributed by atoms with van der Waals surface area (Å²) in [6.45, 7) is 22.1. The number of sulfonamides is 4. The second-order valence-corrected chi connectivity index (χ2v) is 43.9. The molecule has 140 heavy (non-hydrogen) atoms. The number of aromatic nitrogens is 23. The first-order valence-electron chi connectivity index (χ1n) is 46.3. The minimum absolute atomic E-state index is 0.151. The van der Waals surface area contributed by atoms with Crippen molar-refractivity contribution in [1.82, 2.24) is 132 Å². The zero-order valence-corrected chi connectivity index (χ0v) is 83.0. The van der Waals surface area contributed by atoms with Crippen molar-refractivity contribution >= 4 is 152 Å². The van der Waals surface area contributed by atoms with E-state index in [1.165, 1.54) is 63.2 Å². The van der Waals surface area contributed by atoms with Crippen LogP contribution in [0.15, 0.2) is 129 Å². The molecule has 20 rings (SSSR count). The number of hydrogen-bond donors (Lipinski definition) is 8. The topological polar surface area (TPSA) is 543 Å². The van der Waals surface area contributed by atoms with Crippen molar-refractivity contribution in [2.24, 2.45) is 23.7 Å². The van der Waals surface area contributed by atoms with E-state index in [0.717, 1.165) is 128 Å². The average Bonchev–Trinajstić information content (AvgIpc) is 0.864. The SMILES string of the molecule is Cc1cccc2cc(C(C)Nc3ncnc4nc[nH]c34)nc(OCC3CCN(S(C)(=O)=O)CC3)c12.Cc1cccc2nc(C(C)Nc3ncnc4nc[nH]c34)nc(OCC3CCN(S(C)(=O)=O)CC3)c12.Cc1cccc2nc(C(C)Nc3ncnc4nc[nH]c34)nc(OCC3CCN(S(C)(=O)=O)CC3)c12.Cc1cccc2nc(C(C)Nc3ncnc4nc[nH]c34)nc(OCC3CCN(S(C)(=O)=O)CC3)c12. The number of ether oxygens (including phenoxy) is 4. The second kappa shape index (κ2) is 42.3. The summed E-state index contributed by atoms with van der Waals surface area (Å²) in [6.07, 6.45) is 23.4. The summed E-state index contributed by atoms with van der Waals surface area (Å²) in [4.78, 5) is 96.6. The summed E-state index contributed by atoms with van der Waals surface area (Å²) in [5, 5.41) is 18.2. The highest BCUT2D eigenvalue weighted by Crippen LogP contribution is 2.38. The first-order valence-corrected chi connectivity index (χ1v) is 53.7. The number of pyridine rings is 1. The second-order valence-electron chi connectivity index (χ2n) is 36.0. The van der Waals surface area contributed by atoms with Gasteiger partial charge in [-0.15, -0.1) is 0 Å². The number of aryl methyl sites for hydroxylation is 4. The van der Waals surface area contributed by atoms with Gasteiger partial charge < -0.3 is 60.2 Å². The lowest BCUT2D eigenvalue weighted by atomic mass is 9.99. The highest BCUT2D eigenvalue weighted by Gasteiger charge is 2.33. The van der Waals surface area contributed by atoms with Crippen molar-refractivity contribution in [3.8, 4) is 23.5 Å². The number of fused-ring (bicyclic) bond motifs is 8. The van der Waals surface area contributed by atoms with E-state index in [1.807, 2.05) is 109 Å². The van der Waals surface area contributed by atoms with E-state index < -0.39 is 40.1 Å². The summed E-state index contributed by atoms with van der Waals surface area (Å²) in [6, 6.07) is 25.1. The van der Waals surface area contributed by atoms with Crippen LogP contribution in [0.2, 0.25) is 0 Å². The molecule has 736 valence electrons. The number of nitrogens with zero attached hydrogens (tertiary/aromatic N) is 23. The predicted octanol–water partition coefficient (Wildman–Crippen LogP) is 11.9. The molecule has 43 nitrogen and oxygen atoms in total. The van der Waals surface area contributed by atoms with Crippen molar-refractivity contribution in [3.05, 3.63) is 175 Å². The summed E-state index contributed by atoms with van der Waals surface area (Å²) >= 11 is 0. The standard InChI is InChI=1S/C24H29N7O3S.3C23H28N8O3S/c1-15-5-4-6-18-11-19(16(2)29-23-21-22(26-13-25-21)27-14-28-23)30-24(20(15)18)34-12-17-7-9-31(10-8-17)35(3,32)33;3*1-14-5-4-6-17-18(14)23(34-11-16-7-9-31(10-8-16)35(3,32)33)30-20(29-17)15(2)28-22-19-21(25-12-24-19)26-13-27-22/h4-6,11,13-14,16-17H,7-10,12H2,1-3H3,(H2,25,26,27,28,29);3*4-6,12-13,15-16H,7-11H2,1-3H3,(H2,24,25,26,27,28). The molecular formula is C93H113N31O12S4. The smallest absolute Gasteiger partial charge is 0.225 e. The Hall–Kier alpha value is -13.5. The lowest BCUT2D eigenvalue weighted by Gasteiger charge is -2.30. The van der Waals surface area contributed by atoms with Crippen molar-refractivity contribution in [2.45, 2.75) is 131 Å². The van der Waals surface area contributed by atoms with Crippen LogP contribution in [0.5, 0.6) is 23.5 Å². The van der Waals surface area contributed by atoms with Crippen LogP contribution in [0.4, 0.5) is 23.3 Å². The minimum atomic E-state index is -3.15. The molecule has 4 atom stereocenters. The van der Waals surface area contributed by atoms with Gasteiger partial charge in [0, 0.05) is 57.7 Å². The number of benzene rings is 4. The van der Waals surface area contributed by atoms with Gasteiger partial charge in [0.25, 0.3) is 0 Å². The molecule has 47 heteroatoms. The number of anilines is 4. The molecule has 4 saturated heterocycles. The first-order chi connectivity index (χ1) is 67.2. The Labute approximate surface area is 809 Å². The van der Waals surface area contributed by atoms with E-state index in [9.17, 15) is 33.7 Å². The van der Waals surface area contributed by atoms with E-state index >= 15 is 0 Å². The quantitative estimate of drug-likeness (QED) is 0.0226. The van der Waals surface area contributed by atoms with Crippen LogP contribution in [0.25, 0.3) is 88.1 Å². The lowest BCUT2D eigenvalue weighted by molar-refractivity contribution is 0.182. The number of nitrogens with one attached hydrogen (secondary N) is 8. The average molecular weight is 1990 g/mol. The highest BCUT2D eigenvalue weighted by atomic mass is 32.2. The van der Waals surface area contributed by atoms with Gasteiger partial charge in [0.2, 0.25) is 63.6 Å². The molecule has 16 heterocycles. The molecule has 4 aliphatic rings. The molecule has 0 aliphatic carbocycles. The monoisotopic (exact) mass is 1980 g/mol. The van der Waals surface area contributed by atoms with Gasteiger partial charge in [0.1, 0.15) is 47.4 Å². The third kappa shape index (κ3) is 23.2. The zero-order chi connectivity index (χ0) is 98.3. The molecule has 4 fully saturated rings. The maximum absolute atomic E-state index is 11.8. The molecular weight excluding hydrogens is 1870 g/mol. The summed E-state index contributed by atoms with van der Waals surface area (Å²) in [7, 11) is -12.6. The van der Waals surface area contributed by atoms with E-state index in [1.54, 1.807) is 29.6 Å². The third-order valence-electron chi connectivity index (χ3n) is 25.7. The van der Waals surface area contributed by atoms with E-state index in [4.69, 9.17) is 53.8 Å². The van der Waals surface area contributed by atoms with Gasteiger partial charge in [0.05, 0.1) is 139 Å². The number of H-pyrrole nitrogens is 4. The summed E-state index contributed by atoms with van der Waals surface area (Å²) in [5.41, 5.74) is 12.7. The summed E-state index contributed by atoms with van der Waals surface area (Å²) < 4.78 is 126. The van der Waals surface area contributed by atoms with Crippen molar-refractivity contribution in [1.29, 1.82) is 0 Å². The third-order valence-corrected chi connectivity index (χ3v) is 30.9.